The van der Waals surface area contributed by atoms with Crippen molar-refractivity contribution in [2.24, 2.45) is 5.10 Å². The normalized spacial score (nSPS) is 10.3. The van der Waals surface area contributed by atoms with E-state index in [4.69, 9.17) is 21.1 Å². The van der Waals surface area contributed by atoms with Gasteiger partial charge >= 0.3 is 11.8 Å². The highest BCUT2D eigenvalue weighted by molar-refractivity contribution is 6.35. The summed E-state index contributed by atoms with van der Waals surface area (Å²) in [7, 11) is 0. The SMILES string of the molecule is C=CCNC(=O)C(=O)N/N=C\c1ccc(OCC(=O)Nc2ccc(Cl)cc2)c(OCC)c1. The summed E-state index contributed by atoms with van der Waals surface area (Å²) in [5.41, 5.74) is 3.30. The molecule has 0 aromatic heterocycles. The monoisotopic (exact) mass is 458 g/mol. The van der Waals surface area contributed by atoms with Crippen LogP contribution in [0.2, 0.25) is 5.02 Å². The average Bonchev–Trinajstić information content (AvgIpc) is 2.78. The summed E-state index contributed by atoms with van der Waals surface area (Å²) in [5.74, 6) is -1.32. The number of hydrogen-bond donors (Lipinski definition) is 3. The summed E-state index contributed by atoms with van der Waals surface area (Å²) in [6, 6.07) is 11.6. The molecule has 0 heterocycles. The van der Waals surface area contributed by atoms with Crippen LogP contribution in [0.5, 0.6) is 11.5 Å². The van der Waals surface area contributed by atoms with Gasteiger partial charge in [0.25, 0.3) is 5.91 Å². The number of hydrazone groups is 1. The molecule has 10 heteroatoms. The van der Waals surface area contributed by atoms with E-state index in [1.54, 1.807) is 49.4 Å². The Morgan fingerprint density at radius 2 is 1.81 bits per heavy atom. The smallest absolute Gasteiger partial charge is 0.329 e. The van der Waals surface area contributed by atoms with Gasteiger partial charge in [-0.05, 0) is 55.0 Å². The van der Waals surface area contributed by atoms with Crippen LogP contribution < -0.4 is 25.5 Å². The number of nitrogens with one attached hydrogen (secondary N) is 3. The second kappa shape index (κ2) is 12.8. The number of amides is 3. The van der Waals surface area contributed by atoms with Gasteiger partial charge < -0.3 is 20.1 Å². The van der Waals surface area contributed by atoms with Crippen molar-refractivity contribution in [1.82, 2.24) is 10.7 Å². The van der Waals surface area contributed by atoms with Gasteiger partial charge in [-0.3, -0.25) is 14.4 Å². The molecule has 0 radical (unpaired) electrons. The lowest BCUT2D eigenvalue weighted by atomic mass is 10.2. The van der Waals surface area contributed by atoms with Gasteiger partial charge in [0.1, 0.15) is 0 Å². The quantitative estimate of drug-likeness (QED) is 0.219. The van der Waals surface area contributed by atoms with Crippen LogP contribution in [0.3, 0.4) is 0 Å². The molecule has 0 bridgehead atoms. The number of carbonyl (C=O) groups excluding carboxylic acids is 3. The molecule has 0 aliphatic carbocycles. The molecule has 0 saturated carbocycles. The Bertz CT molecular complexity index is 992. The zero-order chi connectivity index (χ0) is 23.3. The van der Waals surface area contributed by atoms with Gasteiger partial charge in [-0.15, -0.1) is 6.58 Å². The number of carbonyl (C=O) groups is 3. The van der Waals surface area contributed by atoms with Crippen LogP contribution in [0.15, 0.2) is 60.2 Å². The lowest BCUT2D eigenvalue weighted by Crippen LogP contribution is -2.37. The van der Waals surface area contributed by atoms with Crippen molar-refractivity contribution >= 4 is 41.2 Å². The highest BCUT2D eigenvalue weighted by Gasteiger charge is 2.11. The summed E-state index contributed by atoms with van der Waals surface area (Å²) in [6.07, 6.45) is 2.80. The second-order valence-electron chi connectivity index (χ2n) is 6.18. The Balaban J connectivity index is 1.95. The van der Waals surface area contributed by atoms with E-state index in [1.807, 2.05) is 0 Å². The standard InChI is InChI=1S/C22H23ClN4O5/c1-3-11-24-21(29)22(30)27-25-13-15-5-10-18(19(12-15)31-4-2)32-14-20(28)26-17-8-6-16(23)7-9-17/h3,5-10,12-13H,1,4,11,14H2,2H3,(H,24,29)(H,26,28)(H,27,30)/b25-13-. The molecule has 2 aromatic rings. The molecular weight excluding hydrogens is 436 g/mol. The molecule has 0 aliphatic rings. The summed E-state index contributed by atoms with van der Waals surface area (Å²) in [5, 5.41) is 9.35. The first-order valence-corrected chi connectivity index (χ1v) is 9.98. The number of nitrogens with zero attached hydrogens (tertiary/aromatic N) is 1. The molecule has 0 saturated heterocycles. The summed E-state index contributed by atoms with van der Waals surface area (Å²) < 4.78 is 11.1. The first kappa shape index (κ1) is 24.4. The molecule has 0 unspecified atom stereocenters. The van der Waals surface area contributed by atoms with E-state index >= 15 is 0 Å². The molecule has 3 N–H and O–H groups in total. The van der Waals surface area contributed by atoms with Crippen molar-refractivity contribution in [2.45, 2.75) is 6.92 Å². The van der Waals surface area contributed by atoms with Crippen LogP contribution in [0, 0.1) is 0 Å². The van der Waals surface area contributed by atoms with Gasteiger partial charge in [0, 0.05) is 17.3 Å². The fourth-order valence-electron chi connectivity index (χ4n) is 2.33. The van der Waals surface area contributed by atoms with Crippen molar-refractivity contribution in [1.29, 1.82) is 0 Å². The van der Waals surface area contributed by atoms with Gasteiger partial charge in [-0.25, -0.2) is 5.43 Å². The topological polar surface area (TPSA) is 118 Å². The summed E-state index contributed by atoms with van der Waals surface area (Å²) in [4.78, 5) is 35.2. The minimum Gasteiger partial charge on any atom is -0.490 e. The van der Waals surface area contributed by atoms with Crippen molar-refractivity contribution in [3.05, 3.63) is 65.7 Å². The third kappa shape index (κ3) is 8.11. The molecular formula is C22H23ClN4O5. The maximum Gasteiger partial charge on any atom is 0.329 e. The lowest BCUT2D eigenvalue weighted by Gasteiger charge is -2.12. The van der Waals surface area contributed by atoms with Crippen molar-refractivity contribution < 1.29 is 23.9 Å². The first-order chi connectivity index (χ1) is 15.4. The van der Waals surface area contributed by atoms with E-state index in [1.165, 1.54) is 12.3 Å². The average molecular weight is 459 g/mol. The summed E-state index contributed by atoms with van der Waals surface area (Å²) in [6.45, 7) is 5.56. The number of hydrogen-bond acceptors (Lipinski definition) is 6. The lowest BCUT2D eigenvalue weighted by molar-refractivity contribution is -0.139. The molecule has 168 valence electrons. The number of ether oxygens (including phenoxy) is 2. The highest BCUT2D eigenvalue weighted by Crippen LogP contribution is 2.28. The van der Waals surface area contributed by atoms with E-state index in [-0.39, 0.29) is 19.1 Å². The highest BCUT2D eigenvalue weighted by atomic mass is 35.5. The van der Waals surface area contributed by atoms with Crippen LogP contribution in [-0.4, -0.2) is 43.7 Å². The number of anilines is 1. The third-order valence-electron chi connectivity index (χ3n) is 3.75. The molecule has 2 rings (SSSR count). The Morgan fingerprint density at radius 3 is 2.50 bits per heavy atom. The third-order valence-corrected chi connectivity index (χ3v) is 4.00. The van der Waals surface area contributed by atoms with E-state index in [0.717, 1.165) is 0 Å². The van der Waals surface area contributed by atoms with E-state index in [2.05, 4.69) is 27.7 Å². The largest absolute Gasteiger partial charge is 0.490 e. The fourth-order valence-corrected chi connectivity index (χ4v) is 2.45. The van der Waals surface area contributed by atoms with Crippen LogP contribution >= 0.6 is 11.6 Å². The van der Waals surface area contributed by atoms with Gasteiger partial charge in [0.05, 0.1) is 12.8 Å². The molecule has 0 fully saturated rings. The van der Waals surface area contributed by atoms with Crippen LogP contribution in [0.4, 0.5) is 5.69 Å². The molecule has 3 amide bonds. The minimum atomic E-state index is -0.903. The predicted octanol–water partition coefficient (Wildman–Crippen LogP) is 2.51. The van der Waals surface area contributed by atoms with E-state index in [9.17, 15) is 14.4 Å². The molecule has 0 aliphatic heterocycles. The zero-order valence-electron chi connectivity index (χ0n) is 17.4. The van der Waals surface area contributed by atoms with Gasteiger partial charge in [-0.2, -0.15) is 5.10 Å². The van der Waals surface area contributed by atoms with Crippen LogP contribution in [0.25, 0.3) is 0 Å². The van der Waals surface area contributed by atoms with Gasteiger partial charge in [0.15, 0.2) is 18.1 Å². The Kier molecular flexibility index (Phi) is 9.73. The fraction of sp³-hybridized carbons (Fsp3) is 0.182. The summed E-state index contributed by atoms with van der Waals surface area (Å²) >= 11 is 5.83. The molecule has 9 nitrogen and oxygen atoms in total. The zero-order valence-corrected chi connectivity index (χ0v) is 18.1. The van der Waals surface area contributed by atoms with Gasteiger partial charge in [-0.1, -0.05) is 17.7 Å². The maximum atomic E-state index is 12.1. The Hall–Kier alpha value is -3.85. The van der Waals surface area contributed by atoms with E-state index in [0.29, 0.717) is 34.4 Å². The number of rotatable bonds is 10. The Morgan fingerprint density at radius 1 is 1.06 bits per heavy atom. The van der Waals surface area contributed by atoms with Crippen LogP contribution in [-0.2, 0) is 14.4 Å². The molecule has 2 aromatic carbocycles. The van der Waals surface area contributed by atoms with Crippen molar-refractivity contribution in [3.8, 4) is 11.5 Å². The molecule has 32 heavy (non-hydrogen) atoms. The Labute approximate surface area is 190 Å². The maximum absolute atomic E-state index is 12.1. The first-order valence-electron chi connectivity index (χ1n) is 9.60. The van der Waals surface area contributed by atoms with E-state index < -0.39 is 11.8 Å². The van der Waals surface area contributed by atoms with Crippen molar-refractivity contribution in [3.63, 3.8) is 0 Å². The van der Waals surface area contributed by atoms with Crippen molar-refractivity contribution in [2.75, 3.05) is 25.1 Å². The second-order valence-corrected chi connectivity index (χ2v) is 6.62. The van der Waals surface area contributed by atoms with Crippen LogP contribution in [0.1, 0.15) is 12.5 Å². The minimum absolute atomic E-state index is 0.173. The molecule has 0 atom stereocenters. The van der Waals surface area contributed by atoms with Gasteiger partial charge in [0.2, 0.25) is 0 Å². The molecule has 0 spiro atoms. The predicted molar refractivity (Wildman–Crippen MR) is 122 cm³/mol. The number of halogens is 1. The number of benzene rings is 2.